The van der Waals surface area contributed by atoms with Gasteiger partial charge < -0.3 is 9.84 Å². The van der Waals surface area contributed by atoms with Crippen LogP contribution in [0.2, 0.25) is 0 Å². The first kappa shape index (κ1) is 21.5. The van der Waals surface area contributed by atoms with E-state index in [1.54, 1.807) is 0 Å². The lowest BCUT2D eigenvalue weighted by atomic mass is 10.1. The SMILES string of the molecule is CC.Cc1ccc(OCCCCCCCCCCC(=O)O)cc1. The molecule has 0 aliphatic carbocycles. The Balaban J connectivity index is 0.00000232. The quantitative estimate of drug-likeness (QED) is 0.480. The third-order valence-corrected chi connectivity index (χ3v) is 3.57. The van der Waals surface area contributed by atoms with Gasteiger partial charge in [0, 0.05) is 6.42 Å². The molecule has 0 fully saturated rings. The van der Waals surface area contributed by atoms with Gasteiger partial charge in [0.2, 0.25) is 0 Å². The highest BCUT2D eigenvalue weighted by Crippen LogP contribution is 2.13. The van der Waals surface area contributed by atoms with Gasteiger partial charge in [-0.1, -0.05) is 70.1 Å². The predicted molar refractivity (Wildman–Crippen MR) is 97.2 cm³/mol. The third-order valence-electron chi connectivity index (χ3n) is 3.57. The summed E-state index contributed by atoms with van der Waals surface area (Å²) < 4.78 is 5.69. The maximum absolute atomic E-state index is 10.3. The Bertz CT molecular complexity index is 384. The highest BCUT2D eigenvalue weighted by atomic mass is 16.5. The van der Waals surface area contributed by atoms with Gasteiger partial charge in [0.1, 0.15) is 5.75 Å². The first-order valence-electron chi connectivity index (χ1n) is 9.10. The first-order valence-corrected chi connectivity index (χ1v) is 9.10. The van der Waals surface area contributed by atoms with Crippen LogP contribution in [0.3, 0.4) is 0 Å². The fourth-order valence-corrected chi connectivity index (χ4v) is 2.26. The van der Waals surface area contributed by atoms with Gasteiger partial charge in [-0.2, -0.15) is 0 Å². The van der Waals surface area contributed by atoms with Crippen LogP contribution < -0.4 is 4.74 Å². The van der Waals surface area contributed by atoms with E-state index in [-0.39, 0.29) is 0 Å². The lowest BCUT2D eigenvalue weighted by Gasteiger charge is -2.06. The summed E-state index contributed by atoms with van der Waals surface area (Å²) in [6, 6.07) is 8.18. The summed E-state index contributed by atoms with van der Waals surface area (Å²) in [7, 11) is 0. The largest absolute Gasteiger partial charge is 0.494 e. The number of unbranched alkanes of at least 4 members (excludes halogenated alkanes) is 7. The lowest BCUT2D eigenvalue weighted by Crippen LogP contribution is -1.97. The number of aryl methyl sites for hydroxylation is 1. The van der Waals surface area contributed by atoms with E-state index >= 15 is 0 Å². The Labute approximate surface area is 142 Å². The molecule has 0 saturated carbocycles. The molecule has 23 heavy (non-hydrogen) atoms. The van der Waals surface area contributed by atoms with Crippen molar-refractivity contribution in [3.8, 4) is 5.75 Å². The number of carboxylic acid groups (broad SMARTS) is 1. The molecule has 0 saturated heterocycles. The maximum Gasteiger partial charge on any atom is 0.303 e. The van der Waals surface area contributed by atoms with Crippen molar-refractivity contribution in [2.24, 2.45) is 0 Å². The highest BCUT2D eigenvalue weighted by Gasteiger charge is 1.97. The van der Waals surface area contributed by atoms with E-state index in [9.17, 15) is 4.79 Å². The molecule has 132 valence electrons. The number of aliphatic carboxylic acids is 1. The minimum absolute atomic E-state index is 0.316. The van der Waals surface area contributed by atoms with Gasteiger partial charge in [-0.15, -0.1) is 0 Å². The summed E-state index contributed by atoms with van der Waals surface area (Å²) in [5.41, 5.74) is 1.26. The first-order chi connectivity index (χ1) is 11.2. The zero-order valence-corrected chi connectivity index (χ0v) is 15.1. The number of hydrogen-bond donors (Lipinski definition) is 1. The smallest absolute Gasteiger partial charge is 0.303 e. The summed E-state index contributed by atoms with van der Waals surface area (Å²) in [6.45, 7) is 6.87. The molecule has 3 heteroatoms. The van der Waals surface area contributed by atoms with Crippen molar-refractivity contribution in [3.63, 3.8) is 0 Å². The van der Waals surface area contributed by atoms with Crippen LogP contribution in [0.4, 0.5) is 0 Å². The normalized spacial score (nSPS) is 9.87. The number of carbonyl (C=O) groups is 1. The van der Waals surface area contributed by atoms with E-state index < -0.39 is 5.97 Å². The molecule has 0 heterocycles. The molecule has 0 aromatic heterocycles. The van der Waals surface area contributed by atoms with Crippen molar-refractivity contribution in [2.75, 3.05) is 6.61 Å². The van der Waals surface area contributed by atoms with E-state index in [0.29, 0.717) is 6.42 Å². The van der Waals surface area contributed by atoms with Crippen molar-refractivity contribution in [2.45, 2.75) is 78.6 Å². The van der Waals surface area contributed by atoms with Crippen LogP contribution in [0.15, 0.2) is 24.3 Å². The second kappa shape index (κ2) is 15.4. The zero-order valence-electron chi connectivity index (χ0n) is 15.1. The number of rotatable bonds is 12. The van der Waals surface area contributed by atoms with Gasteiger partial charge >= 0.3 is 5.97 Å². The molecule has 0 radical (unpaired) electrons. The average Bonchev–Trinajstić information content (AvgIpc) is 2.56. The topological polar surface area (TPSA) is 46.5 Å². The van der Waals surface area contributed by atoms with E-state index in [2.05, 4.69) is 19.1 Å². The number of carboxylic acids is 1. The molecule has 0 unspecified atom stereocenters. The van der Waals surface area contributed by atoms with Crippen LogP contribution in [0.5, 0.6) is 5.75 Å². The van der Waals surface area contributed by atoms with E-state index in [1.807, 2.05) is 26.0 Å². The lowest BCUT2D eigenvalue weighted by molar-refractivity contribution is -0.137. The van der Waals surface area contributed by atoms with Crippen molar-refractivity contribution in [3.05, 3.63) is 29.8 Å². The van der Waals surface area contributed by atoms with Gasteiger partial charge in [0.25, 0.3) is 0 Å². The number of benzene rings is 1. The predicted octanol–water partition coefficient (Wildman–Crippen LogP) is 6.00. The third kappa shape index (κ3) is 13.8. The summed E-state index contributed by atoms with van der Waals surface area (Å²) >= 11 is 0. The van der Waals surface area contributed by atoms with Crippen LogP contribution in [0, 0.1) is 6.92 Å². The summed E-state index contributed by atoms with van der Waals surface area (Å²) in [5, 5.41) is 8.52. The number of ether oxygens (including phenoxy) is 1. The molecule has 1 aromatic rings. The molecule has 0 aliphatic heterocycles. The molecular formula is C20H34O3. The van der Waals surface area contributed by atoms with E-state index in [1.165, 1.54) is 31.2 Å². The summed E-state index contributed by atoms with van der Waals surface area (Å²) in [5.74, 6) is 0.280. The maximum atomic E-state index is 10.3. The molecular weight excluding hydrogens is 288 g/mol. The van der Waals surface area contributed by atoms with Gasteiger partial charge in [-0.05, 0) is 31.9 Å². The zero-order chi connectivity index (χ0) is 17.3. The van der Waals surface area contributed by atoms with E-state index in [4.69, 9.17) is 9.84 Å². The van der Waals surface area contributed by atoms with E-state index in [0.717, 1.165) is 38.0 Å². The molecule has 0 aliphatic rings. The Morgan fingerprint density at radius 3 is 1.87 bits per heavy atom. The van der Waals surface area contributed by atoms with Crippen LogP contribution in [-0.4, -0.2) is 17.7 Å². The van der Waals surface area contributed by atoms with Crippen LogP contribution >= 0.6 is 0 Å². The molecule has 0 atom stereocenters. The molecule has 1 aromatic carbocycles. The van der Waals surface area contributed by atoms with Crippen molar-refractivity contribution >= 4 is 5.97 Å². The standard InChI is InChI=1S/C18H28O3.C2H6/c1-16-11-13-17(14-12-16)21-15-9-7-5-3-2-4-6-8-10-18(19)20;1-2/h11-14H,2-10,15H2,1H3,(H,19,20);1-2H3. The monoisotopic (exact) mass is 322 g/mol. The van der Waals surface area contributed by atoms with Crippen molar-refractivity contribution in [1.29, 1.82) is 0 Å². The molecule has 3 nitrogen and oxygen atoms in total. The van der Waals surface area contributed by atoms with Crippen molar-refractivity contribution < 1.29 is 14.6 Å². The van der Waals surface area contributed by atoms with Gasteiger partial charge in [0.05, 0.1) is 6.61 Å². The van der Waals surface area contributed by atoms with Gasteiger partial charge in [-0.3, -0.25) is 4.79 Å². The Hall–Kier alpha value is -1.51. The molecule has 1 N–H and O–H groups in total. The molecule has 1 rings (SSSR count). The highest BCUT2D eigenvalue weighted by molar-refractivity contribution is 5.66. The van der Waals surface area contributed by atoms with Gasteiger partial charge in [-0.25, -0.2) is 0 Å². The number of hydrogen-bond acceptors (Lipinski definition) is 2. The summed E-state index contributed by atoms with van der Waals surface area (Å²) in [4.78, 5) is 10.3. The fourth-order valence-electron chi connectivity index (χ4n) is 2.26. The van der Waals surface area contributed by atoms with Gasteiger partial charge in [0.15, 0.2) is 0 Å². The Morgan fingerprint density at radius 1 is 0.870 bits per heavy atom. The second-order valence-electron chi connectivity index (χ2n) is 5.63. The van der Waals surface area contributed by atoms with Crippen molar-refractivity contribution in [1.82, 2.24) is 0 Å². The van der Waals surface area contributed by atoms with Crippen LogP contribution in [0.25, 0.3) is 0 Å². The molecule has 0 bridgehead atoms. The van der Waals surface area contributed by atoms with Crippen LogP contribution in [0.1, 0.15) is 77.2 Å². The minimum atomic E-state index is -0.677. The minimum Gasteiger partial charge on any atom is -0.494 e. The Morgan fingerprint density at radius 2 is 1.35 bits per heavy atom. The Kier molecular flexibility index (Phi) is 14.4. The molecule has 0 spiro atoms. The summed E-state index contributed by atoms with van der Waals surface area (Å²) in [6.07, 6.45) is 9.37. The average molecular weight is 322 g/mol. The fraction of sp³-hybridized carbons (Fsp3) is 0.650. The molecule has 0 amide bonds. The second-order valence-corrected chi connectivity index (χ2v) is 5.63. The van der Waals surface area contributed by atoms with Crippen LogP contribution in [-0.2, 0) is 4.79 Å².